The minimum absolute atomic E-state index is 0.0575. The Kier molecular flexibility index (Phi) is 14.9. The number of hydrogen-bond donors (Lipinski definition) is 8. The quantitative estimate of drug-likeness (QED) is 0.107. The Morgan fingerprint density at radius 1 is 0.775 bits per heavy atom. The highest BCUT2D eigenvalue weighted by molar-refractivity contribution is 7.46. The van der Waals surface area contributed by atoms with Gasteiger partial charge in [0.15, 0.2) is 23.0 Å². The fraction of sp³-hybridized carbons (Fsp3) is 0.440. The van der Waals surface area contributed by atoms with Crippen LogP contribution in [0.5, 0.6) is 28.7 Å². The third-order valence-corrected chi connectivity index (χ3v) is 5.73. The zero-order valence-electron chi connectivity index (χ0n) is 22.8. The van der Waals surface area contributed by atoms with Gasteiger partial charge in [0.1, 0.15) is 18.3 Å². The Labute approximate surface area is 232 Å². The van der Waals surface area contributed by atoms with Gasteiger partial charge in [-0.1, -0.05) is 18.2 Å². The number of nitrogens with one attached hydrogen (secondary N) is 1. The summed E-state index contributed by atoms with van der Waals surface area (Å²) in [6, 6.07) is 8.29. The van der Waals surface area contributed by atoms with Gasteiger partial charge < -0.3 is 54.3 Å². The molecule has 0 unspecified atom stereocenters. The standard InChI is InChI=1S/C18H21O8P.C7H17NO5/c1-22-14-8-7-12(9-15(14)26-27(19,20)21)5-6-13-10-16(23-2)18(25-4)17(11-13)24-3;1-8-2-4(10)6(12)7(13)5(11)3-9/h5-11H,1-4H3,(H2,19,20,21);4-13H,2-3H2,1H3/b6-5-;/t;4-,5+,6+,7+/m.0/s1. The van der Waals surface area contributed by atoms with E-state index in [1.54, 1.807) is 43.5 Å². The molecule has 4 atom stereocenters. The van der Waals surface area contributed by atoms with Crippen LogP contribution in [0.2, 0.25) is 0 Å². The van der Waals surface area contributed by atoms with Crippen molar-refractivity contribution < 1.29 is 63.4 Å². The Morgan fingerprint density at radius 2 is 1.27 bits per heavy atom. The summed E-state index contributed by atoms with van der Waals surface area (Å²) >= 11 is 0. The van der Waals surface area contributed by atoms with Gasteiger partial charge in [0, 0.05) is 6.54 Å². The fourth-order valence-corrected chi connectivity index (χ4v) is 3.68. The van der Waals surface area contributed by atoms with Crippen LogP contribution in [0.15, 0.2) is 30.3 Å². The molecule has 0 aliphatic rings. The van der Waals surface area contributed by atoms with Gasteiger partial charge in [-0.2, -0.15) is 0 Å². The molecule has 0 saturated carbocycles. The number of hydrogen-bond acceptors (Lipinski definition) is 12. The number of benzene rings is 2. The van der Waals surface area contributed by atoms with Crippen LogP contribution in [0.25, 0.3) is 12.2 Å². The molecule has 0 saturated heterocycles. The summed E-state index contributed by atoms with van der Waals surface area (Å²) < 4.78 is 36.8. The van der Waals surface area contributed by atoms with Gasteiger partial charge >= 0.3 is 7.82 Å². The average Bonchev–Trinajstić information content (AvgIpc) is 2.93. The number of aliphatic hydroxyl groups excluding tert-OH is 5. The van der Waals surface area contributed by atoms with Gasteiger partial charge in [0.2, 0.25) is 5.75 Å². The summed E-state index contributed by atoms with van der Waals surface area (Å²) in [5.74, 6) is 1.66. The van der Waals surface area contributed by atoms with Gasteiger partial charge in [-0.15, -0.1) is 0 Å². The molecule has 0 radical (unpaired) electrons. The van der Waals surface area contributed by atoms with E-state index < -0.39 is 38.8 Å². The Hall–Kier alpha value is -2.91. The predicted molar refractivity (Wildman–Crippen MR) is 146 cm³/mol. The van der Waals surface area contributed by atoms with Crippen LogP contribution in [0.4, 0.5) is 0 Å². The molecule has 226 valence electrons. The topological polar surface area (TPSA) is 217 Å². The number of aliphatic hydroxyl groups is 5. The van der Waals surface area contributed by atoms with E-state index in [4.69, 9.17) is 49.2 Å². The van der Waals surface area contributed by atoms with E-state index in [-0.39, 0.29) is 18.0 Å². The normalized spacial score (nSPS) is 14.4. The van der Waals surface area contributed by atoms with Crippen molar-refractivity contribution in [1.29, 1.82) is 0 Å². The van der Waals surface area contributed by atoms with Crippen molar-refractivity contribution in [2.24, 2.45) is 0 Å². The lowest BCUT2D eigenvalue weighted by atomic mass is 10.0. The molecule has 0 spiro atoms. The first kappa shape index (κ1) is 35.1. The van der Waals surface area contributed by atoms with Crippen LogP contribution in [0, 0.1) is 0 Å². The van der Waals surface area contributed by atoms with Crippen LogP contribution in [-0.2, 0) is 4.57 Å². The molecule has 0 aliphatic carbocycles. The number of rotatable bonds is 14. The second-order valence-electron chi connectivity index (χ2n) is 8.14. The largest absolute Gasteiger partial charge is 0.524 e. The SMILES string of the molecule is CNC[C@H](O)[C@@H](O)[C@H](O)[C@H](O)CO.COc1ccc(/C=C\c2cc(OC)c(OC)c(OC)c2)cc1OP(=O)(O)O. The molecule has 40 heavy (non-hydrogen) atoms. The van der Waals surface area contributed by atoms with Gasteiger partial charge in [0.25, 0.3) is 0 Å². The van der Waals surface area contributed by atoms with Gasteiger partial charge in [0.05, 0.1) is 41.2 Å². The molecule has 2 aromatic rings. The molecular weight excluding hydrogens is 553 g/mol. The third-order valence-electron chi connectivity index (χ3n) is 5.30. The lowest BCUT2D eigenvalue weighted by Crippen LogP contribution is -2.48. The van der Waals surface area contributed by atoms with E-state index in [0.29, 0.717) is 22.8 Å². The van der Waals surface area contributed by atoms with E-state index >= 15 is 0 Å². The molecule has 8 N–H and O–H groups in total. The van der Waals surface area contributed by atoms with E-state index in [9.17, 15) is 9.67 Å². The molecule has 0 fully saturated rings. The maximum Gasteiger partial charge on any atom is 0.524 e. The van der Waals surface area contributed by atoms with Crippen molar-refractivity contribution in [2.75, 3.05) is 48.6 Å². The molecule has 2 rings (SSSR count). The van der Waals surface area contributed by atoms with Gasteiger partial charge in [-0.3, -0.25) is 9.79 Å². The fourth-order valence-electron chi connectivity index (χ4n) is 3.28. The first-order valence-electron chi connectivity index (χ1n) is 11.7. The zero-order chi connectivity index (χ0) is 30.5. The van der Waals surface area contributed by atoms with E-state index in [1.165, 1.54) is 34.5 Å². The summed E-state index contributed by atoms with van der Waals surface area (Å²) in [5, 5.41) is 47.5. The van der Waals surface area contributed by atoms with E-state index in [1.807, 2.05) is 0 Å². The van der Waals surface area contributed by atoms with Crippen LogP contribution in [0.3, 0.4) is 0 Å². The molecule has 2 aromatic carbocycles. The lowest BCUT2D eigenvalue weighted by Gasteiger charge is -2.25. The number of methoxy groups -OCH3 is 4. The molecule has 0 aromatic heterocycles. The highest BCUT2D eigenvalue weighted by Crippen LogP contribution is 2.42. The summed E-state index contributed by atoms with van der Waals surface area (Å²) in [6.45, 7) is -0.569. The van der Waals surface area contributed by atoms with Crippen molar-refractivity contribution in [3.8, 4) is 28.7 Å². The van der Waals surface area contributed by atoms with Crippen LogP contribution in [-0.4, -0.2) is 108 Å². The summed E-state index contributed by atoms with van der Waals surface area (Å²) in [5.41, 5.74) is 1.42. The zero-order valence-corrected chi connectivity index (χ0v) is 23.7. The van der Waals surface area contributed by atoms with Gasteiger partial charge in [-0.25, -0.2) is 4.57 Å². The highest BCUT2D eigenvalue weighted by atomic mass is 31.2. The summed E-state index contributed by atoms with van der Waals surface area (Å²) in [6.07, 6.45) is -2.12. The number of likely N-dealkylation sites (N-methyl/N-ethyl adjacent to an activating group) is 1. The molecule has 0 amide bonds. The first-order valence-corrected chi connectivity index (χ1v) is 13.3. The molecule has 0 heterocycles. The van der Waals surface area contributed by atoms with Crippen LogP contribution < -0.4 is 28.8 Å². The Bertz CT molecular complexity index is 1100. The number of phosphoric acid groups is 1. The maximum absolute atomic E-state index is 11.1. The maximum atomic E-state index is 11.1. The van der Waals surface area contributed by atoms with E-state index in [0.717, 1.165) is 5.56 Å². The van der Waals surface area contributed by atoms with Crippen LogP contribution in [0.1, 0.15) is 11.1 Å². The second kappa shape index (κ2) is 17.0. The summed E-state index contributed by atoms with van der Waals surface area (Å²) in [4.78, 5) is 18.1. The average molecular weight is 592 g/mol. The Balaban J connectivity index is 0.000000520. The van der Waals surface area contributed by atoms with E-state index in [2.05, 4.69) is 9.84 Å². The second-order valence-corrected chi connectivity index (χ2v) is 9.30. The first-order chi connectivity index (χ1) is 18.8. The van der Waals surface area contributed by atoms with Crippen molar-refractivity contribution in [3.05, 3.63) is 41.5 Å². The minimum atomic E-state index is -4.71. The lowest BCUT2D eigenvalue weighted by molar-refractivity contribution is -0.113. The molecule has 0 aliphatic heterocycles. The smallest absolute Gasteiger partial charge is 0.493 e. The predicted octanol–water partition coefficient (Wildman–Crippen LogP) is 0.00460. The molecule has 14 nitrogen and oxygen atoms in total. The van der Waals surface area contributed by atoms with Crippen molar-refractivity contribution in [3.63, 3.8) is 0 Å². The molecular formula is C25H38NO13P. The molecule has 15 heteroatoms. The summed E-state index contributed by atoms with van der Waals surface area (Å²) in [7, 11) is 2.83. The van der Waals surface area contributed by atoms with Crippen LogP contribution >= 0.6 is 7.82 Å². The van der Waals surface area contributed by atoms with Crippen molar-refractivity contribution in [1.82, 2.24) is 5.32 Å². The van der Waals surface area contributed by atoms with Gasteiger partial charge in [-0.05, 0) is 42.4 Å². The highest BCUT2D eigenvalue weighted by Gasteiger charge is 2.29. The number of ether oxygens (including phenoxy) is 4. The molecule has 0 bridgehead atoms. The monoisotopic (exact) mass is 591 g/mol. The number of phosphoric ester groups is 1. The van der Waals surface area contributed by atoms with Crippen molar-refractivity contribution >= 4 is 20.0 Å². The minimum Gasteiger partial charge on any atom is -0.493 e. The van der Waals surface area contributed by atoms with Crippen molar-refractivity contribution in [2.45, 2.75) is 24.4 Å². The Morgan fingerprint density at radius 3 is 1.73 bits per heavy atom. The third kappa shape index (κ3) is 10.9.